The second-order valence-electron chi connectivity index (χ2n) is 8.22. The summed E-state index contributed by atoms with van der Waals surface area (Å²) in [6.07, 6.45) is 20.9. The zero-order valence-electron chi connectivity index (χ0n) is 18.8. The van der Waals surface area contributed by atoms with Crippen LogP contribution >= 0.6 is 0 Å². The Kier molecular flexibility index (Phi) is 16.5. The highest BCUT2D eigenvalue weighted by Crippen LogP contribution is 2.14. The van der Waals surface area contributed by atoms with E-state index in [1.807, 2.05) is 19.1 Å². The van der Waals surface area contributed by atoms with Crippen LogP contribution < -0.4 is 0 Å². The molecule has 0 saturated heterocycles. The molecule has 0 fully saturated rings. The van der Waals surface area contributed by atoms with Gasteiger partial charge in [-0.25, -0.2) is 4.79 Å². The van der Waals surface area contributed by atoms with Crippen molar-refractivity contribution in [1.29, 1.82) is 0 Å². The molecule has 0 aliphatic heterocycles. The molecule has 3 nitrogen and oxygen atoms in total. The van der Waals surface area contributed by atoms with Gasteiger partial charge in [-0.2, -0.15) is 4.89 Å². The monoisotopic (exact) mass is 403 g/mol. The molecule has 0 aromatic heterocycles. The van der Waals surface area contributed by atoms with Crippen molar-refractivity contribution < 1.29 is 14.6 Å². The van der Waals surface area contributed by atoms with E-state index in [0.29, 0.717) is 12.2 Å². The van der Waals surface area contributed by atoms with Crippen molar-refractivity contribution in [2.45, 2.75) is 110 Å². The quantitative estimate of drug-likeness (QED) is 0.133. The molecule has 0 saturated carbocycles. The van der Waals surface area contributed by atoms with E-state index in [2.05, 4.69) is 6.92 Å². The van der Waals surface area contributed by atoms with Gasteiger partial charge in [-0.3, -0.25) is 4.89 Å². The molecule has 1 rings (SSSR count). The summed E-state index contributed by atoms with van der Waals surface area (Å²) in [4.78, 5) is 21.7. The van der Waals surface area contributed by atoms with Crippen LogP contribution in [-0.2, 0) is 9.78 Å². The minimum atomic E-state index is -0.414. The van der Waals surface area contributed by atoms with Crippen molar-refractivity contribution in [2.24, 2.45) is 0 Å². The lowest BCUT2D eigenvalue weighted by molar-refractivity contribution is -0.241. The second-order valence-corrected chi connectivity index (χ2v) is 8.22. The van der Waals surface area contributed by atoms with Crippen LogP contribution in [0.4, 0.5) is 0 Å². The Hall–Kier alpha value is -1.35. The fourth-order valence-electron chi connectivity index (χ4n) is 3.55. The van der Waals surface area contributed by atoms with Gasteiger partial charge in [-0.1, -0.05) is 121 Å². The molecule has 0 amide bonds. The first-order chi connectivity index (χ1) is 14.2. The number of rotatable bonds is 19. The highest BCUT2D eigenvalue weighted by Gasteiger charge is 2.07. The van der Waals surface area contributed by atoms with Crippen LogP contribution in [0.15, 0.2) is 24.3 Å². The topological polar surface area (TPSA) is 35.5 Å². The van der Waals surface area contributed by atoms with Crippen LogP contribution in [0.3, 0.4) is 0 Å². The van der Waals surface area contributed by atoms with Gasteiger partial charge in [-0.15, -0.1) is 0 Å². The van der Waals surface area contributed by atoms with Gasteiger partial charge in [0.15, 0.2) is 0 Å². The van der Waals surface area contributed by atoms with Crippen molar-refractivity contribution in [3.63, 3.8) is 0 Å². The lowest BCUT2D eigenvalue weighted by Crippen LogP contribution is -2.07. The average molecular weight is 404 g/mol. The predicted octanol–water partition coefficient (Wildman–Crippen LogP) is 8.16. The lowest BCUT2D eigenvalue weighted by Gasteiger charge is -2.05. The lowest BCUT2D eigenvalue weighted by atomic mass is 10.0. The van der Waals surface area contributed by atoms with E-state index < -0.39 is 5.97 Å². The van der Waals surface area contributed by atoms with Crippen LogP contribution in [0.2, 0.25) is 0 Å². The van der Waals surface area contributed by atoms with E-state index in [9.17, 15) is 4.79 Å². The molecule has 0 aliphatic rings. The maximum absolute atomic E-state index is 11.8. The standard InChI is InChI=1S/C26H43O3/c1-3-4-5-6-7-8-9-10-11-12-13-14-15-16-17-18-22-28-29-26(27)25-21-19-20-24(2)23-25/h19-21,23H,1,3-18,22H2,2H3. The third-order valence-corrected chi connectivity index (χ3v) is 5.37. The van der Waals surface area contributed by atoms with Crippen LogP contribution in [-0.4, -0.2) is 12.6 Å². The molecule has 3 heteroatoms. The molecule has 165 valence electrons. The van der Waals surface area contributed by atoms with E-state index in [1.54, 1.807) is 12.1 Å². The molecule has 29 heavy (non-hydrogen) atoms. The first-order valence-electron chi connectivity index (χ1n) is 11.9. The smallest absolute Gasteiger partial charge is 0.293 e. The van der Waals surface area contributed by atoms with E-state index >= 15 is 0 Å². The number of aryl methyl sites for hydroxylation is 1. The van der Waals surface area contributed by atoms with E-state index in [1.165, 1.54) is 83.5 Å². The summed E-state index contributed by atoms with van der Waals surface area (Å²) in [5.41, 5.74) is 1.57. The number of carbonyl (C=O) groups is 1. The zero-order chi connectivity index (χ0) is 21.0. The fourth-order valence-corrected chi connectivity index (χ4v) is 3.55. The zero-order valence-corrected chi connectivity index (χ0v) is 18.8. The van der Waals surface area contributed by atoms with Gasteiger partial charge in [0.2, 0.25) is 0 Å². The van der Waals surface area contributed by atoms with Gasteiger partial charge in [0.05, 0.1) is 12.2 Å². The summed E-state index contributed by atoms with van der Waals surface area (Å²) >= 11 is 0. The minimum Gasteiger partial charge on any atom is -0.293 e. The molecule has 0 bridgehead atoms. The summed E-state index contributed by atoms with van der Waals surface area (Å²) in [5, 5.41) is 0. The Morgan fingerprint density at radius 2 is 1.24 bits per heavy atom. The van der Waals surface area contributed by atoms with Crippen molar-refractivity contribution in [3.8, 4) is 0 Å². The molecule has 0 unspecified atom stereocenters. The van der Waals surface area contributed by atoms with Gasteiger partial charge >= 0.3 is 5.97 Å². The predicted molar refractivity (Wildman–Crippen MR) is 122 cm³/mol. The van der Waals surface area contributed by atoms with Gasteiger partial charge in [0.25, 0.3) is 0 Å². The van der Waals surface area contributed by atoms with Crippen LogP contribution in [0, 0.1) is 13.8 Å². The second kappa shape index (κ2) is 18.7. The van der Waals surface area contributed by atoms with E-state index in [4.69, 9.17) is 9.78 Å². The van der Waals surface area contributed by atoms with Crippen molar-refractivity contribution in [2.75, 3.05) is 6.61 Å². The molecule has 1 radical (unpaired) electrons. The number of benzene rings is 1. The van der Waals surface area contributed by atoms with Gasteiger partial charge < -0.3 is 0 Å². The number of unbranched alkanes of at least 4 members (excludes halogenated alkanes) is 15. The highest BCUT2D eigenvalue weighted by atomic mass is 17.2. The van der Waals surface area contributed by atoms with Crippen molar-refractivity contribution >= 4 is 5.97 Å². The fraction of sp³-hybridized carbons (Fsp3) is 0.692. The third kappa shape index (κ3) is 15.2. The molecule has 0 N–H and O–H groups in total. The first-order valence-corrected chi connectivity index (χ1v) is 11.9. The Labute approximate surface area is 179 Å². The van der Waals surface area contributed by atoms with E-state index in [-0.39, 0.29) is 0 Å². The summed E-state index contributed by atoms with van der Waals surface area (Å²) in [6.45, 7) is 6.32. The summed E-state index contributed by atoms with van der Waals surface area (Å²) in [5.74, 6) is -0.414. The van der Waals surface area contributed by atoms with Gasteiger partial charge in [0, 0.05) is 0 Å². The number of hydrogen-bond acceptors (Lipinski definition) is 3. The van der Waals surface area contributed by atoms with Crippen LogP contribution in [0.5, 0.6) is 0 Å². The van der Waals surface area contributed by atoms with Crippen molar-refractivity contribution in [3.05, 3.63) is 42.3 Å². The normalized spacial score (nSPS) is 11.0. The van der Waals surface area contributed by atoms with E-state index in [0.717, 1.165) is 24.8 Å². The third-order valence-electron chi connectivity index (χ3n) is 5.37. The largest absolute Gasteiger partial charge is 0.373 e. The first kappa shape index (κ1) is 25.7. The Morgan fingerprint density at radius 1 is 0.759 bits per heavy atom. The minimum absolute atomic E-state index is 0.414. The molecule has 0 atom stereocenters. The van der Waals surface area contributed by atoms with Crippen LogP contribution in [0.1, 0.15) is 119 Å². The Balaban J connectivity index is 1.77. The summed E-state index contributed by atoms with van der Waals surface area (Å²) < 4.78 is 0. The van der Waals surface area contributed by atoms with Gasteiger partial charge in [-0.05, 0) is 25.5 Å². The van der Waals surface area contributed by atoms with Crippen LogP contribution in [0.25, 0.3) is 0 Å². The summed E-state index contributed by atoms with van der Waals surface area (Å²) in [7, 11) is 0. The number of hydrogen-bond donors (Lipinski definition) is 0. The molecule has 0 heterocycles. The molecule has 0 spiro atoms. The molecule has 0 aliphatic carbocycles. The molecular weight excluding hydrogens is 360 g/mol. The van der Waals surface area contributed by atoms with Gasteiger partial charge in [0.1, 0.15) is 0 Å². The average Bonchev–Trinajstić information content (AvgIpc) is 2.72. The highest BCUT2D eigenvalue weighted by molar-refractivity contribution is 5.89. The maximum atomic E-state index is 11.8. The maximum Gasteiger partial charge on any atom is 0.373 e. The molecule has 1 aromatic rings. The number of carbonyl (C=O) groups excluding carboxylic acids is 1. The molecule has 1 aromatic carbocycles. The Bertz CT molecular complexity index is 512. The SMILES string of the molecule is [CH2]CCCCCCCCCCCCCCCCCOOC(=O)c1cccc(C)c1. The van der Waals surface area contributed by atoms with Crippen molar-refractivity contribution in [1.82, 2.24) is 0 Å². The Morgan fingerprint density at radius 3 is 1.72 bits per heavy atom. The molecular formula is C26H43O3. The summed E-state index contributed by atoms with van der Waals surface area (Å²) in [6, 6.07) is 7.34.